The molecule has 0 unspecified atom stereocenters. The SMILES string of the molecule is CN(C)CCNC(=O)c1csc(CSc2nnc(-c3cccnc3)n2-c2ccccc2)n1. The Balaban J connectivity index is 1.50. The second-order valence-corrected chi connectivity index (χ2v) is 9.08. The molecule has 4 aromatic rings. The molecule has 8 nitrogen and oxygen atoms in total. The summed E-state index contributed by atoms with van der Waals surface area (Å²) in [5, 5.41) is 15.1. The zero-order chi connectivity index (χ0) is 22.3. The molecule has 0 aliphatic carbocycles. The molecule has 1 N–H and O–H groups in total. The number of hydrogen-bond acceptors (Lipinski definition) is 8. The number of likely N-dealkylation sites (N-methyl/N-ethyl adjacent to an activating group) is 1. The van der Waals surface area contributed by atoms with Gasteiger partial charge in [0, 0.05) is 42.1 Å². The Labute approximate surface area is 194 Å². The Kier molecular flexibility index (Phi) is 7.25. The normalized spacial score (nSPS) is 11.1. The zero-order valence-electron chi connectivity index (χ0n) is 17.8. The summed E-state index contributed by atoms with van der Waals surface area (Å²) < 4.78 is 2.02. The van der Waals surface area contributed by atoms with Gasteiger partial charge in [-0.1, -0.05) is 30.0 Å². The summed E-state index contributed by atoms with van der Waals surface area (Å²) in [6, 6.07) is 13.8. The van der Waals surface area contributed by atoms with E-state index in [0.29, 0.717) is 18.0 Å². The summed E-state index contributed by atoms with van der Waals surface area (Å²) in [6.45, 7) is 1.37. The van der Waals surface area contributed by atoms with Crippen molar-refractivity contribution in [3.63, 3.8) is 0 Å². The lowest BCUT2D eigenvalue weighted by molar-refractivity contribution is 0.0946. The fourth-order valence-corrected chi connectivity index (χ4v) is 4.69. The fraction of sp³-hybridized carbons (Fsp3) is 0.227. The van der Waals surface area contributed by atoms with Gasteiger partial charge in [0.25, 0.3) is 5.91 Å². The van der Waals surface area contributed by atoms with E-state index in [1.165, 1.54) is 23.1 Å². The third kappa shape index (κ3) is 5.39. The summed E-state index contributed by atoms with van der Waals surface area (Å²) >= 11 is 3.01. The predicted octanol–water partition coefficient (Wildman–Crippen LogP) is 3.37. The molecule has 3 heterocycles. The highest BCUT2D eigenvalue weighted by atomic mass is 32.2. The number of hydrogen-bond donors (Lipinski definition) is 1. The minimum absolute atomic E-state index is 0.148. The topological polar surface area (TPSA) is 88.8 Å². The van der Waals surface area contributed by atoms with Crippen molar-refractivity contribution >= 4 is 29.0 Å². The van der Waals surface area contributed by atoms with Crippen molar-refractivity contribution in [3.05, 3.63) is 70.9 Å². The second-order valence-electron chi connectivity index (χ2n) is 7.19. The number of pyridine rings is 1. The van der Waals surface area contributed by atoms with E-state index in [4.69, 9.17) is 0 Å². The zero-order valence-corrected chi connectivity index (χ0v) is 19.4. The molecule has 0 aliphatic rings. The van der Waals surface area contributed by atoms with Crippen LogP contribution in [-0.4, -0.2) is 62.7 Å². The number of para-hydroxylation sites is 1. The van der Waals surface area contributed by atoms with Crippen molar-refractivity contribution in [1.82, 2.24) is 34.9 Å². The van der Waals surface area contributed by atoms with Crippen LogP contribution in [0.3, 0.4) is 0 Å². The van der Waals surface area contributed by atoms with Crippen molar-refractivity contribution < 1.29 is 4.79 Å². The van der Waals surface area contributed by atoms with Crippen molar-refractivity contribution in [3.8, 4) is 17.1 Å². The molecule has 0 bridgehead atoms. The summed E-state index contributed by atoms with van der Waals surface area (Å²) in [5.74, 6) is 1.17. The number of thiazole rings is 1. The molecule has 164 valence electrons. The number of rotatable bonds is 9. The number of carbonyl (C=O) groups is 1. The number of amides is 1. The monoisotopic (exact) mass is 465 g/mol. The largest absolute Gasteiger partial charge is 0.349 e. The Morgan fingerprint density at radius 1 is 1.16 bits per heavy atom. The standard InChI is InChI=1S/C22H23N7OS2/c1-28(2)12-11-24-21(30)18-14-31-19(25-18)15-32-22-27-26-20(16-7-6-10-23-13-16)29(22)17-8-4-3-5-9-17/h3-10,13-14H,11-12,15H2,1-2H3,(H,24,30). The molecule has 0 spiro atoms. The van der Waals surface area contributed by atoms with Gasteiger partial charge in [-0.15, -0.1) is 21.5 Å². The maximum Gasteiger partial charge on any atom is 0.270 e. The minimum Gasteiger partial charge on any atom is -0.349 e. The summed E-state index contributed by atoms with van der Waals surface area (Å²) in [6.07, 6.45) is 3.51. The highest BCUT2D eigenvalue weighted by Crippen LogP contribution is 2.30. The molecule has 10 heteroatoms. The van der Waals surface area contributed by atoms with Crippen molar-refractivity contribution in [1.29, 1.82) is 0 Å². The molecule has 0 saturated carbocycles. The maximum atomic E-state index is 12.3. The molecule has 32 heavy (non-hydrogen) atoms. The first kappa shape index (κ1) is 22.1. The van der Waals surface area contributed by atoms with Gasteiger partial charge in [0.2, 0.25) is 0 Å². The second kappa shape index (κ2) is 10.5. The van der Waals surface area contributed by atoms with E-state index >= 15 is 0 Å². The van der Waals surface area contributed by atoms with Crippen LogP contribution >= 0.6 is 23.1 Å². The number of benzene rings is 1. The summed E-state index contributed by atoms with van der Waals surface area (Å²) in [4.78, 5) is 23.0. The summed E-state index contributed by atoms with van der Waals surface area (Å²) in [7, 11) is 3.94. The average Bonchev–Trinajstić information content (AvgIpc) is 3.46. The number of aromatic nitrogens is 5. The van der Waals surface area contributed by atoms with Crippen LogP contribution in [-0.2, 0) is 5.75 Å². The number of nitrogens with one attached hydrogen (secondary N) is 1. The van der Waals surface area contributed by atoms with E-state index in [0.717, 1.165) is 33.8 Å². The van der Waals surface area contributed by atoms with Gasteiger partial charge in [0.1, 0.15) is 10.7 Å². The lowest BCUT2D eigenvalue weighted by Crippen LogP contribution is -2.31. The van der Waals surface area contributed by atoms with Gasteiger partial charge in [-0.3, -0.25) is 14.3 Å². The Hall–Kier alpha value is -3.08. The molecule has 0 atom stereocenters. The van der Waals surface area contributed by atoms with E-state index in [2.05, 4.69) is 25.5 Å². The van der Waals surface area contributed by atoms with E-state index in [9.17, 15) is 4.79 Å². The van der Waals surface area contributed by atoms with Crippen LogP contribution < -0.4 is 5.32 Å². The van der Waals surface area contributed by atoms with Crippen LogP contribution in [0.1, 0.15) is 15.5 Å². The van der Waals surface area contributed by atoms with Crippen LogP contribution in [0.5, 0.6) is 0 Å². The highest BCUT2D eigenvalue weighted by molar-refractivity contribution is 7.98. The molecule has 1 amide bonds. The molecule has 1 aromatic carbocycles. The number of thioether (sulfide) groups is 1. The molecule has 0 aliphatic heterocycles. The lowest BCUT2D eigenvalue weighted by Gasteiger charge is -2.09. The van der Waals surface area contributed by atoms with Crippen molar-refractivity contribution in [2.45, 2.75) is 10.9 Å². The van der Waals surface area contributed by atoms with Gasteiger partial charge in [-0.05, 0) is 38.4 Å². The van der Waals surface area contributed by atoms with Gasteiger partial charge in [0.05, 0.1) is 5.75 Å². The van der Waals surface area contributed by atoms with E-state index < -0.39 is 0 Å². The minimum atomic E-state index is -0.148. The highest BCUT2D eigenvalue weighted by Gasteiger charge is 2.17. The smallest absolute Gasteiger partial charge is 0.270 e. The van der Waals surface area contributed by atoms with Crippen LogP contribution in [0.25, 0.3) is 17.1 Å². The van der Waals surface area contributed by atoms with Gasteiger partial charge in [-0.2, -0.15) is 0 Å². The van der Waals surface area contributed by atoms with Gasteiger partial charge in [-0.25, -0.2) is 4.98 Å². The fourth-order valence-electron chi connectivity index (χ4n) is 2.95. The molecule has 0 radical (unpaired) electrons. The van der Waals surface area contributed by atoms with Crippen LogP contribution in [0, 0.1) is 0 Å². The van der Waals surface area contributed by atoms with Crippen LogP contribution in [0.4, 0.5) is 0 Å². The first-order valence-electron chi connectivity index (χ1n) is 10.0. The molecular weight excluding hydrogens is 442 g/mol. The Bertz CT molecular complexity index is 1160. The van der Waals surface area contributed by atoms with Gasteiger partial charge in [0.15, 0.2) is 11.0 Å². The predicted molar refractivity (Wildman–Crippen MR) is 127 cm³/mol. The van der Waals surface area contributed by atoms with Crippen LogP contribution in [0.2, 0.25) is 0 Å². The third-order valence-corrected chi connectivity index (χ3v) is 6.49. The quantitative estimate of drug-likeness (QED) is 0.379. The number of carbonyl (C=O) groups excluding carboxylic acids is 1. The lowest BCUT2D eigenvalue weighted by atomic mass is 10.2. The molecular formula is C22H23N7OS2. The van der Waals surface area contributed by atoms with E-state index in [-0.39, 0.29) is 5.91 Å². The van der Waals surface area contributed by atoms with Crippen LogP contribution in [0.15, 0.2) is 65.4 Å². The third-order valence-electron chi connectivity index (χ3n) is 4.52. The molecule has 4 rings (SSSR count). The molecule has 0 fully saturated rings. The molecule has 3 aromatic heterocycles. The average molecular weight is 466 g/mol. The van der Waals surface area contributed by atoms with E-state index in [1.807, 2.05) is 66.0 Å². The first-order chi connectivity index (χ1) is 15.6. The molecule has 0 saturated heterocycles. The Morgan fingerprint density at radius 2 is 2.00 bits per heavy atom. The Morgan fingerprint density at radius 3 is 2.75 bits per heavy atom. The number of nitrogens with zero attached hydrogens (tertiary/aromatic N) is 6. The maximum absolute atomic E-state index is 12.3. The van der Waals surface area contributed by atoms with Gasteiger partial charge < -0.3 is 10.2 Å². The van der Waals surface area contributed by atoms with Gasteiger partial charge >= 0.3 is 0 Å². The first-order valence-corrected chi connectivity index (χ1v) is 11.9. The van der Waals surface area contributed by atoms with Crippen molar-refractivity contribution in [2.24, 2.45) is 0 Å². The van der Waals surface area contributed by atoms with Crippen molar-refractivity contribution in [2.75, 3.05) is 27.2 Å². The van der Waals surface area contributed by atoms with E-state index in [1.54, 1.807) is 17.8 Å². The summed E-state index contributed by atoms with van der Waals surface area (Å²) in [5.41, 5.74) is 2.31.